The second-order valence-corrected chi connectivity index (χ2v) is 9.82. The summed E-state index contributed by atoms with van der Waals surface area (Å²) in [7, 11) is 0. The Balaban J connectivity index is 1.54. The van der Waals surface area contributed by atoms with Crippen LogP contribution in [0.2, 0.25) is 0 Å². The predicted molar refractivity (Wildman–Crippen MR) is 92.2 cm³/mol. The number of carbonyl (C=O) groups excluding carboxylic acids is 1. The molecule has 2 nitrogen and oxygen atoms in total. The van der Waals surface area contributed by atoms with Crippen molar-refractivity contribution in [3.05, 3.63) is 0 Å². The highest BCUT2D eigenvalue weighted by molar-refractivity contribution is 5.79. The van der Waals surface area contributed by atoms with E-state index in [2.05, 4.69) is 6.92 Å². The topological polar surface area (TPSA) is 37.3 Å². The SMILES string of the molecule is CC(=O)C1CC[C@H]2[C@@H]3CC[C@H]4C[C@@](O)(CF)CC[C@@H]4[C@H]3CC[C@]12C. The second kappa shape index (κ2) is 5.79. The van der Waals surface area contributed by atoms with Crippen LogP contribution in [0.4, 0.5) is 4.39 Å². The second-order valence-electron chi connectivity index (χ2n) is 9.82. The molecule has 0 saturated heterocycles. The Morgan fingerprint density at radius 3 is 2.50 bits per heavy atom. The van der Waals surface area contributed by atoms with Crippen LogP contribution in [0, 0.1) is 40.9 Å². The molecule has 0 spiro atoms. The van der Waals surface area contributed by atoms with Gasteiger partial charge in [-0.05, 0) is 99.7 Å². The van der Waals surface area contributed by atoms with E-state index in [1.807, 2.05) is 0 Å². The Labute approximate surface area is 145 Å². The first-order valence-electron chi connectivity index (χ1n) is 10.2. The number of fused-ring (bicyclic) bond motifs is 5. The third kappa shape index (κ3) is 2.40. The minimum absolute atomic E-state index is 0.230. The van der Waals surface area contributed by atoms with Crippen molar-refractivity contribution < 1.29 is 14.3 Å². The van der Waals surface area contributed by atoms with Crippen molar-refractivity contribution in [2.24, 2.45) is 40.9 Å². The maximum absolute atomic E-state index is 13.2. The molecule has 4 fully saturated rings. The molecule has 136 valence electrons. The standard InChI is InChI=1S/C21H33FO2/c1-13(23)18-5-6-19-17-4-3-14-11-21(24,12-22)10-8-15(14)16(17)7-9-20(18,19)2/h14-19,24H,3-12H2,1-2H3/t14-,15-,16+,17+,18?,19-,20+,21+/m0/s1. The van der Waals surface area contributed by atoms with Gasteiger partial charge in [-0.3, -0.25) is 4.79 Å². The molecule has 8 atom stereocenters. The molecule has 0 amide bonds. The van der Waals surface area contributed by atoms with E-state index in [9.17, 15) is 14.3 Å². The summed E-state index contributed by atoms with van der Waals surface area (Å²) in [5.41, 5.74) is -0.807. The highest BCUT2D eigenvalue weighted by atomic mass is 19.1. The summed E-state index contributed by atoms with van der Waals surface area (Å²) in [6.45, 7) is 3.60. The maximum Gasteiger partial charge on any atom is 0.133 e. The maximum atomic E-state index is 13.2. The van der Waals surface area contributed by atoms with Crippen LogP contribution in [0.25, 0.3) is 0 Å². The molecule has 0 heterocycles. The fourth-order valence-corrected chi connectivity index (χ4v) is 7.75. The van der Waals surface area contributed by atoms with Gasteiger partial charge in [-0.25, -0.2) is 4.39 Å². The van der Waals surface area contributed by atoms with Gasteiger partial charge in [0.1, 0.15) is 12.5 Å². The van der Waals surface area contributed by atoms with Crippen LogP contribution in [0.1, 0.15) is 71.6 Å². The van der Waals surface area contributed by atoms with Crippen LogP contribution in [0.3, 0.4) is 0 Å². The smallest absolute Gasteiger partial charge is 0.133 e. The molecule has 4 rings (SSSR count). The lowest BCUT2D eigenvalue weighted by atomic mass is 9.49. The summed E-state index contributed by atoms with van der Waals surface area (Å²) in [5.74, 6) is 4.14. The molecule has 24 heavy (non-hydrogen) atoms. The third-order valence-electron chi connectivity index (χ3n) is 8.84. The van der Waals surface area contributed by atoms with Crippen molar-refractivity contribution >= 4 is 5.78 Å². The summed E-state index contributed by atoms with van der Waals surface area (Å²) >= 11 is 0. The Morgan fingerprint density at radius 2 is 1.79 bits per heavy atom. The number of hydrogen-bond acceptors (Lipinski definition) is 2. The zero-order valence-corrected chi connectivity index (χ0v) is 15.3. The minimum atomic E-state index is -1.04. The molecule has 4 aliphatic carbocycles. The number of hydrogen-bond donors (Lipinski definition) is 1. The van der Waals surface area contributed by atoms with Crippen molar-refractivity contribution in [1.82, 2.24) is 0 Å². The monoisotopic (exact) mass is 336 g/mol. The normalized spacial score (nSPS) is 53.8. The van der Waals surface area contributed by atoms with Gasteiger partial charge in [-0.2, -0.15) is 0 Å². The van der Waals surface area contributed by atoms with Gasteiger partial charge in [0.15, 0.2) is 0 Å². The molecule has 1 unspecified atom stereocenters. The lowest BCUT2D eigenvalue weighted by Gasteiger charge is -2.56. The molecule has 0 aromatic carbocycles. The fourth-order valence-electron chi connectivity index (χ4n) is 7.75. The van der Waals surface area contributed by atoms with Gasteiger partial charge >= 0.3 is 0 Å². The van der Waals surface area contributed by atoms with E-state index < -0.39 is 12.3 Å². The van der Waals surface area contributed by atoms with E-state index in [4.69, 9.17) is 0 Å². The van der Waals surface area contributed by atoms with Crippen molar-refractivity contribution in [2.45, 2.75) is 77.2 Å². The lowest BCUT2D eigenvalue weighted by molar-refractivity contribution is -0.131. The average molecular weight is 336 g/mol. The molecule has 1 N–H and O–H groups in total. The molecule has 0 aromatic heterocycles. The van der Waals surface area contributed by atoms with Crippen molar-refractivity contribution in [3.8, 4) is 0 Å². The molecule has 0 radical (unpaired) electrons. The third-order valence-corrected chi connectivity index (χ3v) is 8.84. The number of aliphatic hydroxyl groups is 1. The van der Waals surface area contributed by atoms with Gasteiger partial charge < -0.3 is 5.11 Å². The summed E-state index contributed by atoms with van der Waals surface area (Å²) < 4.78 is 13.2. The number of Topliss-reactive ketones (excluding diaryl/α,β-unsaturated/α-hetero) is 1. The van der Waals surface area contributed by atoms with Crippen molar-refractivity contribution in [3.63, 3.8) is 0 Å². The van der Waals surface area contributed by atoms with Gasteiger partial charge in [0.25, 0.3) is 0 Å². The van der Waals surface area contributed by atoms with E-state index in [0.717, 1.165) is 31.1 Å². The van der Waals surface area contributed by atoms with E-state index >= 15 is 0 Å². The van der Waals surface area contributed by atoms with E-state index in [1.165, 1.54) is 25.7 Å². The van der Waals surface area contributed by atoms with Crippen LogP contribution in [0.5, 0.6) is 0 Å². The molecule has 4 saturated carbocycles. The molecule has 0 bridgehead atoms. The van der Waals surface area contributed by atoms with Gasteiger partial charge in [-0.15, -0.1) is 0 Å². The number of ketones is 1. The lowest BCUT2D eigenvalue weighted by Crippen LogP contribution is -2.51. The van der Waals surface area contributed by atoms with E-state index in [0.29, 0.717) is 36.4 Å². The van der Waals surface area contributed by atoms with Crippen molar-refractivity contribution in [1.29, 1.82) is 0 Å². The Kier molecular flexibility index (Phi) is 4.10. The zero-order valence-electron chi connectivity index (χ0n) is 15.3. The van der Waals surface area contributed by atoms with E-state index in [1.54, 1.807) is 6.92 Å². The number of carbonyl (C=O) groups is 1. The summed E-state index contributed by atoms with van der Waals surface area (Å²) in [6, 6.07) is 0. The molecule has 3 heteroatoms. The Hall–Kier alpha value is -0.440. The molecular formula is C21H33FO2. The first kappa shape index (κ1) is 17.0. The zero-order chi connectivity index (χ0) is 17.1. The largest absolute Gasteiger partial charge is 0.387 e. The van der Waals surface area contributed by atoms with E-state index in [-0.39, 0.29) is 11.3 Å². The summed E-state index contributed by atoms with van der Waals surface area (Å²) in [5, 5.41) is 10.4. The summed E-state index contributed by atoms with van der Waals surface area (Å²) in [6.07, 6.45) is 9.48. The minimum Gasteiger partial charge on any atom is -0.387 e. The number of alkyl halides is 1. The predicted octanol–water partition coefficient (Wildman–Crippen LogP) is 4.54. The summed E-state index contributed by atoms with van der Waals surface area (Å²) in [4.78, 5) is 12.1. The Bertz CT molecular complexity index is 520. The molecule has 0 aromatic rings. The van der Waals surface area contributed by atoms with Crippen LogP contribution < -0.4 is 0 Å². The highest BCUT2D eigenvalue weighted by Gasteiger charge is 2.58. The molecule has 4 aliphatic rings. The van der Waals surface area contributed by atoms with Crippen LogP contribution in [-0.2, 0) is 4.79 Å². The first-order chi connectivity index (χ1) is 11.4. The van der Waals surface area contributed by atoms with Crippen LogP contribution in [0.15, 0.2) is 0 Å². The van der Waals surface area contributed by atoms with Crippen molar-refractivity contribution in [2.75, 3.05) is 6.67 Å². The number of halogens is 1. The van der Waals surface area contributed by atoms with Gasteiger partial charge in [0.05, 0.1) is 5.60 Å². The van der Waals surface area contributed by atoms with Gasteiger partial charge in [0, 0.05) is 5.92 Å². The molecule has 0 aliphatic heterocycles. The quantitative estimate of drug-likeness (QED) is 0.803. The number of rotatable bonds is 2. The first-order valence-corrected chi connectivity index (χ1v) is 10.2. The highest BCUT2D eigenvalue weighted by Crippen LogP contribution is 2.64. The van der Waals surface area contributed by atoms with Gasteiger partial charge in [-0.1, -0.05) is 6.92 Å². The Morgan fingerprint density at radius 1 is 1.04 bits per heavy atom. The average Bonchev–Trinajstić information content (AvgIpc) is 2.91. The fraction of sp³-hybridized carbons (Fsp3) is 0.952. The van der Waals surface area contributed by atoms with Crippen LogP contribution in [-0.4, -0.2) is 23.2 Å². The molecular weight excluding hydrogens is 303 g/mol. The van der Waals surface area contributed by atoms with Gasteiger partial charge in [0.2, 0.25) is 0 Å². The van der Waals surface area contributed by atoms with Crippen LogP contribution >= 0.6 is 0 Å².